The molecule has 26 heavy (non-hydrogen) atoms. The summed E-state index contributed by atoms with van der Waals surface area (Å²) in [5, 5.41) is 7.38. The van der Waals surface area contributed by atoms with E-state index in [4.69, 9.17) is 4.74 Å². The zero-order valence-corrected chi connectivity index (χ0v) is 15.2. The van der Waals surface area contributed by atoms with Crippen LogP contribution in [-0.2, 0) is 19.5 Å². The lowest BCUT2D eigenvalue weighted by atomic mass is 10.2. The summed E-state index contributed by atoms with van der Waals surface area (Å²) in [6, 6.07) is 6.14. The van der Waals surface area contributed by atoms with Crippen molar-refractivity contribution in [3.05, 3.63) is 59.7 Å². The van der Waals surface area contributed by atoms with Gasteiger partial charge in [-0.1, -0.05) is 0 Å². The van der Waals surface area contributed by atoms with Crippen LogP contribution in [0, 0.1) is 6.92 Å². The molecule has 1 aliphatic rings. The van der Waals surface area contributed by atoms with Crippen LogP contribution in [-0.4, -0.2) is 42.8 Å². The Morgan fingerprint density at radius 3 is 2.88 bits per heavy atom. The smallest absolute Gasteiger partial charge is 0.126 e. The Balaban J connectivity index is 1.39. The fourth-order valence-electron chi connectivity index (χ4n) is 3.49. The monoisotopic (exact) mass is 352 g/mol. The van der Waals surface area contributed by atoms with Crippen molar-refractivity contribution in [2.24, 2.45) is 0 Å². The first-order chi connectivity index (χ1) is 12.7. The number of fused-ring (bicyclic) bond motifs is 1. The highest BCUT2D eigenvalue weighted by atomic mass is 16.5. The first-order valence-electron chi connectivity index (χ1n) is 9.03. The highest BCUT2D eigenvalue weighted by molar-refractivity contribution is 5.17. The van der Waals surface area contributed by atoms with Gasteiger partial charge in [0.2, 0.25) is 0 Å². The molecule has 0 saturated carbocycles. The fourth-order valence-corrected chi connectivity index (χ4v) is 3.49. The van der Waals surface area contributed by atoms with E-state index in [9.17, 15) is 0 Å². The number of H-pyrrole nitrogens is 1. The summed E-state index contributed by atoms with van der Waals surface area (Å²) in [5.74, 6) is 1.98. The van der Waals surface area contributed by atoms with Crippen LogP contribution in [0.2, 0.25) is 0 Å². The molecule has 4 heterocycles. The molecule has 4 rings (SSSR count). The van der Waals surface area contributed by atoms with Crippen LogP contribution >= 0.6 is 0 Å². The molecule has 3 aromatic rings. The summed E-state index contributed by atoms with van der Waals surface area (Å²) in [5.41, 5.74) is 3.42. The van der Waals surface area contributed by atoms with Crippen molar-refractivity contribution in [1.29, 1.82) is 0 Å². The molecule has 1 N–H and O–H groups in total. The summed E-state index contributed by atoms with van der Waals surface area (Å²) in [7, 11) is 0. The van der Waals surface area contributed by atoms with Gasteiger partial charge in [-0.05, 0) is 32.0 Å². The number of aryl methyl sites for hydroxylation is 1. The van der Waals surface area contributed by atoms with Gasteiger partial charge in [-0.15, -0.1) is 0 Å². The lowest BCUT2D eigenvalue weighted by molar-refractivity contribution is 0.153. The van der Waals surface area contributed by atoms with Crippen molar-refractivity contribution >= 4 is 0 Å². The molecule has 0 amide bonds. The molecule has 0 bridgehead atoms. The summed E-state index contributed by atoms with van der Waals surface area (Å²) >= 11 is 0. The Morgan fingerprint density at radius 2 is 2.12 bits per heavy atom. The van der Waals surface area contributed by atoms with Gasteiger partial charge in [-0.25, -0.2) is 4.98 Å². The molecule has 1 aliphatic heterocycles. The number of aromatic amines is 1. The normalized spacial score (nSPS) is 17.2. The number of imidazole rings is 1. The molecule has 0 radical (unpaired) electrons. The molecule has 0 aromatic carbocycles. The minimum atomic E-state index is 0.274. The number of hydrogen-bond acceptors (Lipinski definition) is 5. The number of pyridine rings is 1. The average molecular weight is 352 g/mol. The van der Waals surface area contributed by atoms with Crippen molar-refractivity contribution in [2.45, 2.75) is 39.4 Å². The van der Waals surface area contributed by atoms with Gasteiger partial charge in [0, 0.05) is 56.0 Å². The Bertz CT molecular complexity index is 856. The maximum Gasteiger partial charge on any atom is 0.126 e. The van der Waals surface area contributed by atoms with E-state index in [0.717, 1.165) is 49.0 Å². The van der Waals surface area contributed by atoms with Crippen molar-refractivity contribution in [2.75, 3.05) is 13.2 Å². The van der Waals surface area contributed by atoms with Crippen LogP contribution < -0.4 is 4.74 Å². The molecule has 0 unspecified atom stereocenters. The van der Waals surface area contributed by atoms with Crippen LogP contribution in [0.4, 0.5) is 0 Å². The first-order valence-corrected chi connectivity index (χ1v) is 9.03. The quantitative estimate of drug-likeness (QED) is 0.738. The number of ether oxygens (including phenoxy) is 1. The first kappa shape index (κ1) is 16.8. The minimum absolute atomic E-state index is 0.274. The standard InChI is InChI=1S/C19H24N6O/c1-14-11-16(23-22-14)13-24-8-9-25-17(12-21-19(25)15(24)2)5-10-26-18-3-6-20-7-4-18/h3-4,6-7,11-12,15H,5,8-10,13H2,1-2H3,(H,22,23)/t15-/m1/s1. The van der Waals surface area contributed by atoms with E-state index in [1.807, 2.05) is 25.3 Å². The van der Waals surface area contributed by atoms with Gasteiger partial charge < -0.3 is 9.30 Å². The van der Waals surface area contributed by atoms with E-state index in [-0.39, 0.29) is 6.04 Å². The largest absolute Gasteiger partial charge is 0.493 e. The van der Waals surface area contributed by atoms with Gasteiger partial charge in [0.15, 0.2) is 0 Å². The van der Waals surface area contributed by atoms with E-state index in [1.165, 1.54) is 5.69 Å². The van der Waals surface area contributed by atoms with E-state index in [0.29, 0.717) is 6.61 Å². The number of nitrogens with zero attached hydrogens (tertiary/aromatic N) is 5. The maximum atomic E-state index is 5.80. The third-order valence-electron chi connectivity index (χ3n) is 4.90. The van der Waals surface area contributed by atoms with E-state index < -0.39 is 0 Å². The lowest BCUT2D eigenvalue weighted by Gasteiger charge is -2.33. The topological polar surface area (TPSA) is 71.9 Å². The van der Waals surface area contributed by atoms with E-state index in [1.54, 1.807) is 12.4 Å². The molecule has 1 atom stereocenters. The van der Waals surface area contributed by atoms with Crippen molar-refractivity contribution < 1.29 is 4.74 Å². The number of rotatable bonds is 6. The molecule has 3 aromatic heterocycles. The number of hydrogen-bond donors (Lipinski definition) is 1. The molecular weight excluding hydrogens is 328 g/mol. The Morgan fingerprint density at radius 1 is 1.27 bits per heavy atom. The molecule has 136 valence electrons. The molecule has 7 nitrogen and oxygen atoms in total. The number of nitrogens with one attached hydrogen (secondary N) is 1. The summed E-state index contributed by atoms with van der Waals surface area (Å²) < 4.78 is 8.14. The number of aromatic nitrogens is 5. The van der Waals surface area contributed by atoms with Crippen LogP contribution in [0.25, 0.3) is 0 Å². The highest BCUT2D eigenvalue weighted by Gasteiger charge is 2.27. The second-order valence-electron chi connectivity index (χ2n) is 6.73. The van der Waals surface area contributed by atoms with Gasteiger partial charge in [-0.3, -0.25) is 15.0 Å². The van der Waals surface area contributed by atoms with Crippen LogP contribution in [0.5, 0.6) is 5.75 Å². The van der Waals surface area contributed by atoms with Crippen LogP contribution in [0.15, 0.2) is 36.8 Å². The zero-order valence-electron chi connectivity index (χ0n) is 15.2. The zero-order chi connectivity index (χ0) is 17.9. The molecule has 7 heteroatoms. The molecule has 0 saturated heterocycles. The molecule has 0 fully saturated rings. The SMILES string of the molecule is Cc1cc(CN2CCn3c(CCOc4ccncc4)cnc3[C@H]2C)n[nH]1. The third kappa shape index (κ3) is 3.48. The maximum absolute atomic E-state index is 5.80. The van der Waals surface area contributed by atoms with Gasteiger partial charge in [0.25, 0.3) is 0 Å². The van der Waals surface area contributed by atoms with Gasteiger partial charge in [-0.2, -0.15) is 5.10 Å². The molecule has 0 aliphatic carbocycles. The minimum Gasteiger partial charge on any atom is -0.493 e. The summed E-state index contributed by atoms with van der Waals surface area (Å²) in [4.78, 5) is 11.1. The molecular formula is C19H24N6O. The second-order valence-corrected chi connectivity index (χ2v) is 6.73. The van der Waals surface area contributed by atoms with Gasteiger partial charge in [0.05, 0.1) is 18.3 Å². The molecule has 0 spiro atoms. The highest BCUT2D eigenvalue weighted by Crippen LogP contribution is 2.26. The lowest BCUT2D eigenvalue weighted by Crippen LogP contribution is -2.37. The predicted octanol–water partition coefficient (Wildman–Crippen LogP) is 2.51. The van der Waals surface area contributed by atoms with E-state index in [2.05, 4.69) is 42.6 Å². The summed E-state index contributed by atoms with van der Waals surface area (Å²) in [6.45, 7) is 7.68. The average Bonchev–Trinajstić information content (AvgIpc) is 3.25. The Kier molecular flexibility index (Phi) is 4.71. The van der Waals surface area contributed by atoms with Crippen molar-refractivity contribution in [3.63, 3.8) is 0 Å². The Hall–Kier alpha value is -2.67. The predicted molar refractivity (Wildman–Crippen MR) is 97.8 cm³/mol. The van der Waals surface area contributed by atoms with Crippen molar-refractivity contribution in [3.8, 4) is 5.75 Å². The van der Waals surface area contributed by atoms with Crippen LogP contribution in [0.1, 0.15) is 35.9 Å². The Labute approximate surface area is 153 Å². The third-order valence-corrected chi connectivity index (χ3v) is 4.90. The fraction of sp³-hybridized carbons (Fsp3) is 0.421. The van der Waals surface area contributed by atoms with Crippen molar-refractivity contribution in [1.82, 2.24) is 29.6 Å². The summed E-state index contributed by atoms with van der Waals surface area (Å²) in [6.07, 6.45) is 6.32. The van der Waals surface area contributed by atoms with E-state index >= 15 is 0 Å². The van der Waals surface area contributed by atoms with Gasteiger partial charge in [0.1, 0.15) is 11.6 Å². The van der Waals surface area contributed by atoms with Gasteiger partial charge >= 0.3 is 0 Å². The second kappa shape index (κ2) is 7.29. The van der Waals surface area contributed by atoms with Crippen LogP contribution in [0.3, 0.4) is 0 Å².